The van der Waals surface area contributed by atoms with Crippen molar-refractivity contribution in [3.8, 4) is 0 Å². The van der Waals surface area contributed by atoms with Crippen molar-refractivity contribution in [2.45, 2.75) is 64.8 Å². The molecular formula is C13H23NO. The highest BCUT2D eigenvalue weighted by Crippen LogP contribution is 2.48. The van der Waals surface area contributed by atoms with Crippen molar-refractivity contribution in [2.75, 3.05) is 0 Å². The molecule has 0 radical (unpaired) electrons. The van der Waals surface area contributed by atoms with Crippen LogP contribution in [0.25, 0.3) is 0 Å². The van der Waals surface area contributed by atoms with Gasteiger partial charge in [0.25, 0.3) is 0 Å². The molecule has 1 heterocycles. The predicted molar refractivity (Wildman–Crippen MR) is 61.5 cm³/mol. The zero-order valence-corrected chi connectivity index (χ0v) is 10.0. The Bertz CT molecular complexity index is 241. The van der Waals surface area contributed by atoms with Crippen LogP contribution in [0.3, 0.4) is 0 Å². The van der Waals surface area contributed by atoms with Crippen molar-refractivity contribution < 1.29 is 4.79 Å². The Balaban J connectivity index is 2.04. The summed E-state index contributed by atoms with van der Waals surface area (Å²) in [4.78, 5) is 11.5. The first-order chi connectivity index (χ1) is 7.20. The molecular weight excluding hydrogens is 186 g/mol. The van der Waals surface area contributed by atoms with Gasteiger partial charge in [0.2, 0.25) is 5.91 Å². The Labute approximate surface area is 92.8 Å². The molecule has 1 amide bonds. The molecule has 2 nitrogen and oxygen atoms in total. The molecule has 0 aromatic heterocycles. The zero-order valence-electron chi connectivity index (χ0n) is 10.0. The number of hydrogen-bond donors (Lipinski definition) is 1. The second kappa shape index (κ2) is 4.15. The quantitative estimate of drug-likeness (QED) is 0.744. The van der Waals surface area contributed by atoms with Gasteiger partial charge in [-0.15, -0.1) is 0 Å². The minimum atomic E-state index is 0.289. The molecule has 2 aliphatic rings. The maximum absolute atomic E-state index is 11.5. The van der Waals surface area contributed by atoms with Gasteiger partial charge in [-0.25, -0.2) is 0 Å². The normalized spacial score (nSPS) is 40.8. The Morgan fingerprint density at radius 3 is 2.47 bits per heavy atom. The van der Waals surface area contributed by atoms with Gasteiger partial charge in [-0.3, -0.25) is 4.79 Å². The maximum Gasteiger partial charge on any atom is 0.220 e. The summed E-state index contributed by atoms with van der Waals surface area (Å²) in [7, 11) is 0. The molecule has 1 N–H and O–H groups in total. The lowest BCUT2D eigenvalue weighted by Crippen LogP contribution is -2.39. The van der Waals surface area contributed by atoms with E-state index >= 15 is 0 Å². The van der Waals surface area contributed by atoms with Gasteiger partial charge >= 0.3 is 0 Å². The molecule has 1 spiro atoms. The molecule has 0 aromatic rings. The van der Waals surface area contributed by atoms with Crippen LogP contribution in [0.2, 0.25) is 0 Å². The molecule has 0 aromatic carbocycles. The van der Waals surface area contributed by atoms with Crippen molar-refractivity contribution in [1.82, 2.24) is 5.32 Å². The maximum atomic E-state index is 11.5. The smallest absolute Gasteiger partial charge is 0.220 e. The third-order valence-corrected chi connectivity index (χ3v) is 4.67. The highest BCUT2D eigenvalue weighted by atomic mass is 16.2. The van der Waals surface area contributed by atoms with Crippen molar-refractivity contribution >= 4 is 5.91 Å². The summed E-state index contributed by atoms with van der Waals surface area (Å²) < 4.78 is 0. The third-order valence-electron chi connectivity index (χ3n) is 4.67. The van der Waals surface area contributed by atoms with E-state index in [1.54, 1.807) is 0 Å². The van der Waals surface area contributed by atoms with E-state index in [9.17, 15) is 4.79 Å². The molecule has 1 aliphatic heterocycles. The number of rotatable bonds is 2. The molecule has 1 atom stereocenters. The highest BCUT2D eigenvalue weighted by Gasteiger charge is 2.47. The Morgan fingerprint density at radius 2 is 1.93 bits per heavy atom. The lowest BCUT2D eigenvalue weighted by molar-refractivity contribution is -0.119. The summed E-state index contributed by atoms with van der Waals surface area (Å²) in [5, 5.41) is 3.16. The van der Waals surface area contributed by atoms with Crippen molar-refractivity contribution in [2.24, 2.45) is 11.3 Å². The van der Waals surface area contributed by atoms with Crippen LogP contribution < -0.4 is 5.32 Å². The minimum Gasteiger partial charge on any atom is -0.353 e. The zero-order chi connectivity index (χ0) is 10.9. The van der Waals surface area contributed by atoms with Gasteiger partial charge in [-0.05, 0) is 43.4 Å². The largest absolute Gasteiger partial charge is 0.353 e. The fourth-order valence-electron chi connectivity index (χ4n) is 3.56. The second-order valence-electron chi connectivity index (χ2n) is 5.42. The molecule has 2 rings (SSSR count). The first-order valence-corrected chi connectivity index (χ1v) is 6.49. The number of carbonyl (C=O) groups excluding carboxylic acids is 1. The van der Waals surface area contributed by atoms with Crippen LogP contribution in [0.15, 0.2) is 0 Å². The third kappa shape index (κ3) is 1.91. The Kier molecular flexibility index (Phi) is 3.03. The van der Waals surface area contributed by atoms with Crippen LogP contribution in [0.5, 0.6) is 0 Å². The molecule has 86 valence electrons. The summed E-state index contributed by atoms with van der Waals surface area (Å²) in [6.07, 6.45) is 8.41. The molecule has 1 saturated carbocycles. The first-order valence-electron chi connectivity index (χ1n) is 6.49. The highest BCUT2D eigenvalue weighted by molar-refractivity contribution is 5.80. The minimum absolute atomic E-state index is 0.289. The van der Waals surface area contributed by atoms with E-state index in [1.807, 2.05) is 0 Å². The molecule has 1 aliphatic carbocycles. The number of carbonyl (C=O) groups is 1. The first kappa shape index (κ1) is 11.0. The molecule has 15 heavy (non-hydrogen) atoms. The lowest BCUT2D eigenvalue weighted by Gasteiger charge is -2.40. The predicted octanol–water partition coefficient (Wildman–Crippen LogP) is 2.87. The monoisotopic (exact) mass is 209 g/mol. The Hall–Kier alpha value is -0.530. The van der Waals surface area contributed by atoms with Crippen LogP contribution in [0, 0.1) is 11.3 Å². The number of hydrogen-bond acceptors (Lipinski definition) is 1. The molecule has 2 fully saturated rings. The van der Waals surface area contributed by atoms with Gasteiger partial charge in [-0.1, -0.05) is 20.3 Å². The summed E-state index contributed by atoms with van der Waals surface area (Å²) in [5.74, 6) is 1.21. The molecule has 2 heteroatoms. The van der Waals surface area contributed by atoms with Gasteiger partial charge in [0, 0.05) is 12.5 Å². The second-order valence-corrected chi connectivity index (χ2v) is 5.42. The summed E-state index contributed by atoms with van der Waals surface area (Å²) in [5.41, 5.74) is 0.331. The van der Waals surface area contributed by atoms with Crippen LogP contribution in [-0.2, 0) is 4.79 Å². The topological polar surface area (TPSA) is 29.1 Å². The molecule has 1 saturated heterocycles. The lowest BCUT2D eigenvalue weighted by atomic mass is 9.65. The SMILES string of the molecule is CCC1CCC2(CC1)CC(=O)NC2CC. The number of amides is 1. The standard InChI is InChI=1S/C13H23NO/c1-3-10-5-7-13(8-6-10)9-12(15)14-11(13)4-2/h10-11H,3-9H2,1-2H3,(H,14,15). The molecule has 1 unspecified atom stereocenters. The van der Waals surface area contributed by atoms with E-state index in [4.69, 9.17) is 0 Å². The average molecular weight is 209 g/mol. The molecule has 0 bridgehead atoms. The van der Waals surface area contributed by atoms with Gasteiger partial charge in [0.15, 0.2) is 0 Å². The van der Waals surface area contributed by atoms with E-state index in [0.717, 1.165) is 18.8 Å². The van der Waals surface area contributed by atoms with Crippen LogP contribution in [-0.4, -0.2) is 11.9 Å². The van der Waals surface area contributed by atoms with Gasteiger partial charge in [-0.2, -0.15) is 0 Å². The summed E-state index contributed by atoms with van der Waals surface area (Å²) >= 11 is 0. The van der Waals surface area contributed by atoms with Crippen molar-refractivity contribution in [1.29, 1.82) is 0 Å². The van der Waals surface area contributed by atoms with Crippen LogP contribution >= 0.6 is 0 Å². The average Bonchev–Trinajstić information content (AvgIpc) is 2.56. The number of nitrogens with one attached hydrogen (secondary N) is 1. The van der Waals surface area contributed by atoms with Gasteiger partial charge in [0.1, 0.15) is 0 Å². The van der Waals surface area contributed by atoms with E-state index in [1.165, 1.54) is 32.1 Å². The van der Waals surface area contributed by atoms with E-state index in [-0.39, 0.29) is 5.91 Å². The summed E-state index contributed by atoms with van der Waals surface area (Å²) in [6.45, 7) is 4.49. The fraction of sp³-hybridized carbons (Fsp3) is 0.923. The van der Waals surface area contributed by atoms with E-state index < -0.39 is 0 Å². The van der Waals surface area contributed by atoms with Crippen molar-refractivity contribution in [3.63, 3.8) is 0 Å². The van der Waals surface area contributed by atoms with Crippen LogP contribution in [0.1, 0.15) is 58.8 Å². The van der Waals surface area contributed by atoms with E-state index in [2.05, 4.69) is 19.2 Å². The van der Waals surface area contributed by atoms with Gasteiger partial charge < -0.3 is 5.32 Å². The van der Waals surface area contributed by atoms with E-state index in [0.29, 0.717) is 11.5 Å². The fourth-order valence-corrected chi connectivity index (χ4v) is 3.56. The summed E-state index contributed by atoms with van der Waals surface area (Å²) in [6, 6.07) is 0.461. The van der Waals surface area contributed by atoms with Gasteiger partial charge in [0.05, 0.1) is 0 Å². The Morgan fingerprint density at radius 1 is 1.27 bits per heavy atom. The van der Waals surface area contributed by atoms with Crippen LogP contribution in [0.4, 0.5) is 0 Å². The van der Waals surface area contributed by atoms with Crippen molar-refractivity contribution in [3.05, 3.63) is 0 Å².